The van der Waals surface area contributed by atoms with Crippen molar-refractivity contribution in [3.05, 3.63) is 46.5 Å². The Kier molecular flexibility index (Phi) is 4.61. The van der Waals surface area contributed by atoms with Gasteiger partial charge in [0.05, 0.1) is 23.7 Å². The average molecular weight is 391 g/mol. The van der Waals surface area contributed by atoms with Crippen LogP contribution >= 0.6 is 0 Å². The lowest BCUT2D eigenvalue weighted by atomic mass is 9.98. The van der Waals surface area contributed by atoms with Gasteiger partial charge in [0.25, 0.3) is 0 Å². The van der Waals surface area contributed by atoms with Crippen molar-refractivity contribution in [2.75, 3.05) is 6.61 Å². The van der Waals surface area contributed by atoms with Gasteiger partial charge in [-0.25, -0.2) is 4.98 Å². The molecule has 2 aromatic heterocycles. The van der Waals surface area contributed by atoms with Crippen LogP contribution in [-0.4, -0.2) is 65.9 Å². The van der Waals surface area contributed by atoms with Gasteiger partial charge in [-0.15, -0.1) is 0 Å². The molecule has 3 aromatic rings. The van der Waals surface area contributed by atoms with Crippen LogP contribution in [0, 0.1) is 10.1 Å². The Hall–Kier alpha value is -2.83. The molecular weight excluding hydrogens is 374 g/mol. The first-order valence-corrected chi connectivity index (χ1v) is 8.44. The highest BCUT2D eigenvalue weighted by atomic mass is 16.6. The predicted octanol–water partition coefficient (Wildman–Crippen LogP) is 0.177. The first kappa shape index (κ1) is 18.5. The standard InChI is InChI=1S/C17H17N3O8/c21-7-11-13(22)14(23)15(24)17(28-11)19-9-4-2-1-3-8(9)18-16(19)10-5-6-12(27-10)20(25)26/h1-6,11,13-15,17,21-24H,7H2. The van der Waals surface area contributed by atoms with Gasteiger partial charge in [-0.05, 0) is 18.2 Å². The minimum atomic E-state index is -1.59. The predicted molar refractivity (Wildman–Crippen MR) is 93.1 cm³/mol. The van der Waals surface area contributed by atoms with Crippen LogP contribution in [0.15, 0.2) is 40.8 Å². The van der Waals surface area contributed by atoms with Gasteiger partial charge < -0.3 is 29.6 Å². The molecule has 28 heavy (non-hydrogen) atoms. The van der Waals surface area contributed by atoms with E-state index in [1.165, 1.54) is 16.7 Å². The lowest BCUT2D eigenvalue weighted by Crippen LogP contribution is -2.56. The molecule has 1 aliphatic heterocycles. The number of fused-ring (bicyclic) bond motifs is 1. The van der Waals surface area contributed by atoms with Gasteiger partial charge in [0, 0.05) is 0 Å². The molecule has 0 radical (unpaired) electrons. The third-order valence-corrected chi connectivity index (χ3v) is 4.71. The smallest absolute Gasteiger partial charge is 0.397 e. The molecule has 5 unspecified atom stereocenters. The molecule has 0 spiro atoms. The molecule has 4 rings (SSSR count). The number of nitrogens with zero attached hydrogens (tertiary/aromatic N) is 3. The van der Waals surface area contributed by atoms with E-state index in [0.717, 1.165) is 0 Å². The number of hydrogen-bond acceptors (Lipinski definition) is 9. The van der Waals surface area contributed by atoms with Gasteiger partial charge in [-0.2, -0.15) is 0 Å². The van der Waals surface area contributed by atoms with Gasteiger partial charge in [-0.3, -0.25) is 14.7 Å². The number of aromatic nitrogens is 2. The maximum atomic E-state index is 10.9. The molecule has 1 fully saturated rings. The molecule has 3 heterocycles. The van der Waals surface area contributed by atoms with Crippen LogP contribution < -0.4 is 0 Å². The molecule has 1 saturated heterocycles. The Bertz CT molecular complexity index is 1010. The fourth-order valence-electron chi connectivity index (χ4n) is 3.32. The van der Waals surface area contributed by atoms with E-state index in [1.54, 1.807) is 24.3 Å². The van der Waals surface area contributed by atoms with Crippen molar-refractivity contribution >= 4 is 16.9 Å². The lowest BCUT2D eigenvalue weighted by Gasteiger charge is -2.40. The van der Waals surface area contributed by atoms with E-state index in [2.05, 4.69) is 4.98 Å². The minimum Gasteiger partial charge on any atom is -0.397 e. The number of ether oxygens (including phenoxy) is 1. The Balaban J connectivity index is 1.88. The number of aliphatic hydroxyl groups is 4. The number of hydrogen-bond donors (Lipinski definition) is 4. The van der Waals surface area contributed by atoms with Crippen molar-refractivity contribution in [1.29, 1.82) is 0 Å². The number of para-hydroxylation sites is 2. The molecule has 4 N–H and O–H groups in total. The number of nitro groups is 1. The average Bonchev–Trinajstić information content (AvgIpc) is 3.31. The lowest BCUT2D eigenvalue weighted by molar-refractivity contribution is -0.401. The quantitative estimate of drug-likeness (QED) is 0.358. The first-order chi connectivity index (χ1) is 13.4. The maximum absolute atomic E-state index is 10.9. The Morgan fingerprint density at radius 3 is 2.54 bits per heavy atom. The molecular formula is C17H17N3O8. The molecule has 5 atom stereocenters. The number of imidazole rings is 1. The van der Waals surface area contributed by atoms with Crippen LogP contribution in [0.25, 0.3) is 22.6 Å². The van der Waals surface area contributed by atoms with E-state index >= 15 is 0 Å². The van der Waals surface area contributed by atoms with E-state index in [1.807, 2.05) is 0 Å². The highest BCUT2D eigenvalue weighted by molar-refractivity contribution is 5.80. The van der Waals surface area contributed by atoms with Crippen LogP contribution in [0.4, 0.5) is 5.88 Å². The van der Waals surface area contributed by atoms with Crippen molar-refractivity contribution in [2.45, 2.75) is 30.6 Å². The van der Waals surface area contributed by atoms with E-state index in [-0.39, 0.29) is 11.6 Å². The third kappa shape index (κ3) is 2.85. The molecule has 0 saturated carbocycles. The van der Waals surface area contributed by atoms with Crippen LogP contribution in [0.3, 0.4) is 0 Å². The summed E-state index contributed by atoms with van der Waals surface area (Å²) in [5, 5.41) is 51.1. The van der Waals surface area contributed by atoms with Gasteiger partial charge in [0.1, 0.15) is 29.3 Å². The van der Waals surface area contributed by atoms with E-state index in [9.17, 15) is 30.5 Å². The molecule has 1 aromatic carbocycles. The third-order valence-electron chi connectivity index (χ3n) is 4.71. The topological polar surface area (TPSA) is 164 Å². The molecule has 1 aliphatic rings. The highest BCUT2D eigenvalue weighted by Crippen LogP contribution is 2.36. The molecule has 0 aliphatic carbocycles. The second kappa shape index (κ2) is 6.96. The normalized spacial score (nSPS) is 27.9. The van der Waals surface area contributed by atoms with Gasteiger partial charge in [0.15, 0.2) is 17.8 Å². The number of aliphatic hydroxyl groups excluding tert-OH is 4. The monoisotopic (exact) mass is 391 g/mol. The van der Waals surface area contributed by atoms with E-state index < -0.39 is 48.1 Å². The SMILES string of the molecule is O=[N+]([O-])c1ccc(-c2nc3ccccc3n2C2OC(CO)C(O)C(O)C2O)o1. The zero-order valence-electron chi connectivity index (χ0n) is 14.3. The maximum Gasteiger partial charge on any atom is 0.433 e. The number of furan rings is 1. The summed E-state index contributed by atoms with van der Waals surface area (Å²) in [5.41, 5.74) is 0.995. The second-order valence-corrected chi connectivity index (χ2v) is 6.41. The van der Waals surface area contributed by atoms with Crippen molar-refractivity contribution in [3.8, 4) is 11.6 Å². The fourth-order valence-corrected chi connectivity index (χ4v) is 3.32. The Morgan fingerprint density at radius 1 is 1.11 bits per heavy atom. The van der Waals surface area contributed by atoms with Crippen LogP contribution in [0.1, 0.15) is 6.23 Å². The molecule has 0 amide bonds. The van der Waals surface area contributed by atoms with Gasteiger partial charge in [-0.1, -0.05) is 12.1 Å². The highest BCUT2D eigenvalue weighted by Gasteiger charge is 2.45. The second-order valence-electron chi connectivity index (χ2n) is 6.41. The van der Waals surface area contributed by atoms with Crippen LogP contribution in [0.2, 0.25) is 0 Å². The van der Waals surface area contributed by atoms with Crippen LogP contribution in [0.5, 0.6) is 0 Å². The van der Waals surface area contributed by atoms with Gasteiger partial charge >= 0.3 is 5.88 Å². The van der Waals surface area contributed by atoms with Crippen molar-refractivity contribution in [1.82, 2.24) is 9.55 Å². The fraction of sp³-hybridized carbons (Fsp3) is 0.353. The largest absolute Gasteiger partial charge is 0.433 e. The van der Waals surface area contributed by atoms with E-state index in [0.29, 0.717) is 11.0 Å². The Labute approximate surface area is 157 Å². The zero-order chi connectivity index (χ0) is 20.0. The van der Waals surface area contributed by atoms with Crippen LogP contribution in [-0.2, 0) is 4.74 Å². The molecule has 0 bridgehead atoms. The number of rotatable bonds is 4. The summed E-state index contributed by atoms with van der Waals surface area (Å²) in [6, 6.07) is 9.37. The van der Waals surface area contributed by atoms with E-state index in [4.69, 9.17) is 9.15 Å². The van der Waals surface area contributed by atoms with Crippen molar-refractivity contribution in [2.24, 2.45) is 0 Å². The summed E-state index contributed by atoms with van der Waals surface area (Å²) in [7, 11) is 0. The zero-order valence-corrected chi connectivity index (χ0v) is 14.3. The van der Waals surface area contributed by atoms with Gasteiger partial charge in [0.2, 0.25) is 0 Å². The molecule has 148 valence electrons. The molecule has 11 heteroatoms. The summed E-state index contributed by atoms with van der Waals surface area (Å²) >= 11 is 0. The van der Waals surface area contributed by atoms with Crippen molar-refractivity contribution < 1.29 is 34.5 Å². The first-order valence-electron chi connectivity index (χ1n) is 8.44. The Morgan fingerprint density at radius 2 is 1.86 bits per heavy atom. The minimum absolute atomic E-state index is 0.0554. The summed E-state index contributed by atoms with van der Waals surface area (Å²) in [4.78, 5) is 14.7. The summed E-state index contributed by atoms with van der Waals surface area (Å²) in [6.45, 7) is -0.588. The summed E-state index contributed by atoms with van der Waals surface area (Å²) < 4.78 is 12.3. The van der Waals surface area contributed by atoms with Crippen molar-refractivity contribution in [3.63, 3.8) is 0 Å². The summed E-state index contributed by atoms with van der Waals surface area (Å²) in [5.74, 6) is -0.305. The summed E-state index contributed by atoms with van der Waals surface area (Å²) in [6.07, 6.45) is -7.01. The molecule has 11 nitrogen and oxygen atoms in total. The number of benzene rings is 1.